The molecule has 0 heterocycles. The molecule has 1 aliphatic carbocycles. The van der Waals surface area contributed by atoms with Crippen molar-refractivity contribution in [2.45, 2.75) is 46.6 Å². The fourth-order valence-electron chi connectivity index (χ4n) is 2.12. The van der Waals surface area contributed by atoms with Gasteiger partial charge in [-0.3, -0.25) is 4.90 Å². The highest BCUT2D eigenvalue weighted by Gasteiger charge is 2.27. The topological polar surface area (TPSA) is 15.3 Å². The van der Waals surface area contributed by atoms with Crippen molar-refractivity contribution in [2.24, 2.45) is 11.3 Å². The minimum absolute atomic E-state index is 0.288. The van der Waals surface area contributed by atoms with Crippen LogP contribution < -0.4 is 5.32 Å². The summed E-state index contributed by atoms with van der Waals surface area (Å²) in [7, 11) is 0. The summed E-state index contributed by atoms with van der Waals surface area (Å²) in [6.07, 6.45) is 8.25. The lowest BCUT2D eigenvalue weighted by molar-refractivity contribution is 0.182. The molecule has 17 heavy (non-hydrogen) atoms. The Hall–Kier alpha value is -0.520. The highest BCUT2D eigenvalue weighted by molar-refractivity contribution is 4.92. The van der Waals surface area contributed by atoms with Crippen LogP contribution in [0, 0.1) is 23.7 Å². The van der Waals surface area contributed by atoms with E-state index in [0.29, 0.717) is 6.04 Å². The Labute approximate surface area is 107 Å². The third kappa shape index (κ3) is 6.71. The third-order valence-electron chi connectivity index (χ3n) is 3.17. The fraction of sp³-hybridized carbons (Fsp3) is 0.867. The predicted octanol–water partition coefficient (Wildman–Crippen LogP) is 2.36. The van der Waals surface area contributed by atoms with Crippen LogP contribution in [-0.2, 0) is 0 Å². The fourth-order valence-corrected chi connectivity index (χ4v) is 2.12. The Kier molecular flexibility index (Phi) is 5.49. The molecule has 98 valence electrons. The number of nitrogens with one attached hydrogen (secondary N) is 1. The predicted molar refractivity (Wildman–Crippen MR) is 74.9 cm³/mol. The molecule has 0 aromatic rings. The Morgan fingerprint density at radius 3 is 2.53 bits per heavy atom. The van der Waals surface area contributed by atoms with Gasteiger partial charge in [0.1, 0.15) is 0 Å². The maximum absolute atomic E-state index is 5.46. The van der Waals surface area contributed by atoms with Crippen molar-refractivity contribution >= 4 is 0 Å². The second-order valence-electron chi connectivity index (χ2n) is 6.52. The van der Waals surface area contributed by atoms with Crippen LogP contribution in [0.1, 0.15) is 40.5 Å². The van der Waals surface area contributed by atoms with Crippen LogP contribution in [0.4, 0.5) is 0 Å². The summed E-state index contributed by atoms with van der Waals surface area (Å²) in [4.78, 5) is 2.44. The molecule has 1 N–H and O–H groups in total. The monoisotopic (exact) mass is 236 g/mol. The molecule has 0 amide bonds. The molecule has 2 nitrogen and oxygen atoms in total. The van der Waals surface area contributed by atoms with Gasteiger partial charge < -0.3 is 5.32 Å². The molecule has 0 saturated heterocycles. The molecule has 1 saturated carbocycles. The molecular formula is C15H28N2. The molecule has 0 atom stereocenters. The molecule has 0 unspecified atom stereocenters. The lowest BCUT2D eigenvalue weighted by Crippen LogP contribution is -2.43. The Balaban J connectivity index is 2.37. The van der Waals surface area contributed by atoms with E-state index in [1.165, 1.54) is 19.4 Å². The van der Waals surface area contributed by atoms with Crippen LogP contribution in [0.5, 0.6) is 0 Å². The zero-order valence-corrected chi connectivity index (χ0v) is 11.9. The van der Waals surface area contributed by atoms with E-state index >= 15 is 0 Å². The second-order valence-corrected chi connectivity index (χ2v) is 6.52. The van der Waals surface area contributed by atoms with E-state index in [-0.39, 0.29) is 5.41 Å². The lowest BCUT2D eigenvalue weighted by Gasteiger charge is -2.32. The van der Waals surface area contributed by atoms with Crippen molar-refractivity contribution in [1.82, 2.24) is 10.2 Å². The summed E-state index contributed by atoms with van der Waals surface area (Å²) in [5.74, 6) is 3.71. The van der Waals surface area contributed by atoms with Crippen LogP contribution in [0.3, 0.4) is 0 Å². The largest absolute Gasteiger partial charge is 0.314 e. The van der Waals surface area contributed by atoms with Crippen LogP contribution in [0.25, 0.3) is 0 Å². The van der Waals surface area contributed by atoms with Crippen LogP contribution >= 0.6 is 0 Å². The zero-order valence-electron chi connectivity index (χ0n) is 11.9. The molecule has 1 aliphatic rings. The zero-order chi connectivity index (χ0) is 12.9. The van der Waals surface area contributed by atoms with Gasteiger partial charge in [-0.2, -0.15) is 0 Å². The standard InChI is InChI=1S/C15H28N2/c1-6-9-17(10-14-7-8-14)12-15(4,5)11-16-13(2)3/h1,13-14,16H,7-12H2,2-5H3. The van der Waals surface area contributed by atoms with Gasteiger partial charge in [0.15, 0.2) is 0 Å². The van der Waals surface area contributed by atoms with Crippen molar-refractivity contribution in [3.05, 3.63) is 0 Å². The van der Waals surface area contributed by atoms with Crippen molar-refractivity contribution < 1.29 is 0 Å². The summed E-state index contributed by atoms with van der Waals surface area (Å²) in [6, 6.07) is 0.554. The van der Waals surface area contributed by atoms with Gasteiger partial charge in [0.2, 0.25) is 0 Å². The van der Waals surface area contributed by atoms with Crippen LogP contribution in [0.15, 0.2) is 0 Å². The smallest absolute Gasteiger partial charge is 0.0599 e. The van der Waals surface area contributed by atoms with E-state index in [2.05, 4.69) is 43.8 Å². The van der Waals surface area contributed by atoms with E-state index in [4.69, 9.17) is 6.42 Å². The summed E-state index contributed by atoms with van der Waals surface area (Å²) in [6.45, 7) is 13.2. The normalized spacial score (nSPS) is 16.5. The van der Waals surface area contributed by atoms with Crippen molar-refractivity contribution in [3.8, 4) is 12.3 Å². The van der Waals surface area contributed by atoms with Crippen LogP contribution in [-0.4, -0.2) is 37.1 Å². The van der Waals surface area contributed by atoms with Crippen molar-refractivity contribution in [2.75, 3.05) is 26.2 Å². The highest BCUT2D eigenvalue weighted by atomic mass is 15.1. The van der Waals surface area contributed by atoms with E-state index in [9.17, 15) is 0 Å². The number of nitrogens with zero attached hydrogens (tertiary/aromatic N) is 1. The second kappa shape index (κ2) is 6.42. The molecule has 1 rings (SSSR count). The molecule has 0 aromatic heterocycles. The van der Waals surface area contributed by atoms with Gasteiger partial charge in [0.25, 0.3) is 0 Å². The lowest BCUT2D eigenvalue weighted by atomic mass is 9.92. The molecule has 0 aromatic carbocycles. The summed E-state index contributed by atoms with van der Waals surface area (Å²) in [5.41, 5.74) is 0.288. The maximum atomic E-state index is 5.46. The molecule has 0 spiro atoms. The summed E-state index contributed by atoms with van der Waals surface area (Å²) < 4.78 is 0. The first-order chi connectivity index (χ1) is 7.93. The third-order valence-corrected chi connectivity index (χ3v) is 3.17. The van der Waals surface area contributed by atoms with Crippen LogP contribution in [0.2, 0.25) is 0 Å². The highest BCUT2D eigenvalue weighted by Crippen LogP contribution is 2.30. The molecule has 1 fully saturated rings. The van der Waals surface area contributed by atoms with E-state index < -0.39 is 0 Å². The first-order valence-electron chi connectivity index (χ1n) is 6.82. The molecule has 0 aliphatic heterocycles. The number of hydrogen-bond acceptors (Lipinski definition) is 2. The van der Waals surface area contributed by atoms with Gasteiger partial charge in [-0.15, -0.1) is 6.42 Å². The van der Waals surface area contributed by atoms with Gasteiger partial charge in [-0.1, -0.05) is 33.6 Å². The minimum Gasteiger partial charge on any atom is -0.314 e. The summed E-state index contributed by atoms with van der Waals surface area (Å²) in [5, 5.41) is 3.52. The van der Waals surface area contributed by atoms with Crippen molar-refractivity contribution in [3.63, 3.8) is 0 Å². The van der Waals surface area contributed by atoms with E-state index in [1.807, 2.05) is 0 Å². The van der Waals surface area contributed by atoms with Gasteiger partial charge in [0.05, 0.1) is 6.54 Å². The molecule has 0 bridgehead atoms. The number of rotatable bonds is 8. The SMILES string of the molecule is C#CCN(CC1CC1)CC(C)(C)CNC(C)C. The first kappa shape index (κ1) is 14.5. The minimum atomic E-state index is 0.288. The van der Waals surface area contributed by atoms with E-state index in [0.717, 1.165) is 25.6 Å². The van der Waals surface area contributed by atoms with Gasteiger partial charge in [-0.25, -0.2) is 0 Å². The first-order valence-corrected chi connectivity index (χ1v) is 6.82. The average molecular weight is 236 g/mol. The quantitative estimate of drug-likeness (QED) is 0.651. The van der Waals surface area contributed by atoms with Crippen molar-refractivity contribution in [1.29, 1.82) is 0 Å². The average Bonchev–Trinajstić information content (AvgIpc) is 2.99. The summed E-state index contributed by atoms with van der Waals surface area (Å²) >= 11 is 0. The van der Waals surface area contributed by atoms with Gasteiger partial charge >= 0.3 is 0 Å². The Bertz CT molecular complexity index is 259. The van der Waals surface area contributed by atoms with E-state index in [1.54, 1.807) is 0 Å². The van der Waals surface area contributed by atoms with Gasteiger partial charge in [0, 0.05) is 25.7 Å². The Morgan fingerprint density at radius 1 is 1.41 bits per heavy atom. The Morgan fingerprint density at radius 2 is 2.06 bits per heavy atom. The number of terminal acetylenes is 1. The molecule has 2 heteroatoms. The maximum Gasteiger partial charge on any atom is 0.0599 e. The molecular weight excluding hydrogens is 208 g/mol. The number of hydrogen-bond donors (Lipinski definition) is 1. The van der Waals surface area contributed by atoms with Gasteiger partial charge in [-0.05, 0) is 24.2 Å². The molecule has 0 radical (unpaired) electrons.